The lowest BCUT2D eigenvalue weighted by Gasteiger charge is -2.13. The third-order valence-electron chi connectivity index (χ3n) is 10.4. The summed E-state index contributed by atoms with van der Waals surface area (Å²) < 4.78 is 0. The minimum absolute atomic E-state index is 0.688. The Morgan fingerprint density at radius 3 is 1.22 bits per heavy atom. The molecule has 252 valence electrons. The third-order valence-corrected chi connectivity index (χ3v) is 10.4. The summed E-state index contributed by atoms with van der Waals surface area (Å²) in [5, 5.41) is 7.65. The Hall–Kier alpha value is -7.23. The van der Waals surface area contributed by atoms with Gasteiger partial charge in [0.2, 0.25) is 0 Å². The van der Waals surface area contributed by atoms with Gasteiger partial charge in [-0.25, -0.2) is 9.97 Å². The van der Waals surface area contributed by atoms with Gasteiger partial charge in [-0.3, -0.25) is 4.98 Å². The first-order valence-corrected chi connectivity index (χ1v) is 18.2. The Bertz CT molecular complexity index is 2800. The lowest BCUT2D eigenvalue weighted by Crippen LogP contribution is -1.96. The van der Waals surface area contributed by atoms with E-state index in [0.717, 1.165) is 44.8 Å². The van der Waals surface area contributed by atoms with Crippen LogP contribution in [0.25, 0.3) is 99.6 Å². The van der Waals surface area contributed by atoms with Crippen molar-refractivity contribution in [2.75, 3.05) is 0 Å². The molecule has 0 aliphatic heterocycles. The molecule has 0 aliphatic carbocycles. The fraction of sp³-hybridized carbons (Fsp3) is 0. The fourth-order valence-corrected chi connectivity index (χ4v) is 7.60. The zero-order valence-corrected chi connectivity index (χ0v) is 29.4. The quantitative estimate of drug-likeness (QED) is 0.163. The molecule has 2 heterocycles. The zero-order valence-electron chi connectivity index (χ0n) is 29.4. The molecule has 3 nitrogen and oxygen atoms in total. The second kappa shape index (κ2) is 13.4. The molecule has 0 fully saturated rings. The molecule has 0 unspecified atom stereocenters. The average Bonchev–Trinajstić information content (AvgIpc) is 3.27. The van der Waals surface area contributed by atoms with Crippen LogP contribution >= 0.6 is 0 Å². The van der Waals surface area contributed by atoms with E-state index in [-0.39, 0.29) is 0 Å². The van der Waals surface area contributed by atoms with Crippen molar-refractivity contribution in [3.63, 3.8) is 0 Å². The maximum absolute atomic E-state index is 5.15. The predicted molar refractivity (Wildman–Crippen MR) is 225 cm³/mol. The van der Waals surface area contributed by atoms with Gasteiger partial charge >= 0.3 is 0 Å². The van der Waals surface area contributed by atoms with Crippen LogP contribution in [-0.4, -0.2) is 15.0 Å². The number of nitrogens with zero attached hydrogens (tertiary/aromatic N) is 3. The van der Waals surface area contributed by atoms with Crippen molar-refractivity contribution in [2.45, 2.75) is 0 Å². The number of benzene rings is 8. The van der Waals surface area contributed by atoms with Crippen molar-refractivity contribution in [1.82, 2.24) is 15.0 Å². The fourth-order valence-electron chi connectivity index (χ4n) is 7.60. The maximum Gasteiger partial charge on any atom is 0.160 e. The number of hydrogen-bond acceptors (Lipinski definition) is 3. The largest absolute Gasteiger partial charge is 0.264 e. The van der Waals surface area contributed by atoms with Gasteiger partial charge in [0, 0.05) is 29.1 Å². The van der Waals surface area contributed by atoms with Gasteiger partial charge in [-0.2, -0.15) is 0 Å². The van der Waals surface area contributed by atoms with Gasteiger partial charge in [-0.05, 0) is 83.9 Å². The van der Waals surface area contributed by atoms with E-state index in [0.29, 0.717) is 5.82 Å². The van der Waals surface area contributed by atoms with Crippen LogP contribution in [0, 0.1) is 0 Å². The molecule has 2 aromatic heterocycles. The van der Waals surface area contributed by atoms with Crippen LogP contribution in [0.1, 0.15) is 0 Å². The van der Waals surface area contributed by atoms with Crippen molar-refractivity contribution < 1.29 is 0 Å². The van der Waals surface area contributed by atoms with Crippen LogP contribution in [0.15, 0.2) is 200 Å². The van der Waals surface area contributed by atoms with Gasteiger partial charge in [0.15, 0.2) is 5.82 Å². The highest BCUT2D eigenvalue weighted by Crippen LogP contribution is 2.38. The lowest BCUT2D eigenvalue weighted by molar-refractivity contribution is 1.18. The molecule has 10 aromatic rings. The second-order valence-electron chi connectivity index (χ2n) is 13.7. The molecule has 0 aliphatic rings. The Balaban J connectivity index is 1.04. The first kappa shape index (κ1) is 31.5. The van der Waals surface area contributed by atoms with Crippen LogP contribution in [0.2, 0.25) is 0 Å². The lowest BCUT2D eigenvalue weighted by atomic mass is 9.92. The standard InChI is InChI=1S/C51H33N3/c1-2-9-34(10-3-1)35-16-22-38(23-17-35)49-32-50(39-24-18-37(19-25-39)42-11-8-30-52-33-42)54-51(53-49)40-26-20-36(21-27-40)41-28-29-47-45-14-5-4-12-43(45)44-13-6-7-15-46(44)48(47)31-41/h1-33H. The highest BCUT2D eigenvalue weighted by Gasteiger charge is 2.14. The normalized spacial score (nSPS) is 11.3. The van der Waals surface area contributed by atoms with E-state index in [4.69, 9.17) is 9.97 Å². The van der Waals surface area contributed by atoms with E-state index in [2.05, 4.69) is 181 Å². The van der Waals surface area contributed by atoms with Gasteiger partial charge in [-0.1, -0.05) is 170 Å². The summed E-state index contributed by atoms with van der Waals surface area (Å²) in [7, 11) is 0. The molecule has 0 saturated carbocycles. The van der Waals surface area contributed by atoms with Crippen LogP contribution in [-0.2, 0) is 0 Å². The first-order valence-electron chi connectivity index (χ1n) is 18.2. The molecule has 3 heteroatoms. The van der Waals surface area contributed by atoms with Gasteiger partial charge in [0.05, 0.1) is 11.4 Å². The molecular formula is C51H33N3. The first-order chi connectivity index (χ1) is 26.7. The summed E-state index contributed by atoms with van der Waals surface area (Å²) in [4.78, 5) is 14.6. The van der Waals surface area contributed by atoms with Gasteiger partial charge < -0.3 is 0 Å². The molecule has 0 N–H and O–H groups in total. The van der Waals surface area contributed by atoms with Crippen molar-refractivity contribution in [2.24, 2.45) is 0 Å². The monoisotopic (exact) mass is 687 g/mol. The minimum Gasteiger partial charge on any atom is -0.264 e. The highest BCUT2D eigenvalue weighted by atomic mass is 14.9. The molecule has 0 bridgehead atoms. The molecular weight excluding hydrogens is 655 g/mol. The Labute approximate surface area is 313 Å². The van der Waals surface area contributed by atoms with Crippen LogP contribution in [0.4, 0.5) is 0 Å². The summed E-state index contributed by atoms with van der Waals surface area (Å²) >= 11 is 0. The second-order valence-corrected chi connectivity index (χ2v) is 13.7. The smallest absolute Gasteiger partial charge is 0.160 e. The van der Waals surface area contributed by atoms with Crippen molar-refractivity contribution in [3.8, 4) is 67.3 Å². The van der Waals surface area contributed by atoms with Crippen LogP contribution in [0.3, 0.4) is 0 Å². The van der Waals surface area contributed by atoms with E-state index in [1.54, 1.807) is 6.20 Å². The Morgan fingerprint density at radius 2 is 0.667 bits per heavy atom. The molecule has 10 rings (SSSR count). The van der Waals surface area contributed by atoms with E-state index in [9.17, 15) is 0 Å². The number of fused-ring (bicyclic) bond motifs is 6. The van der Waals surface area contributed by atoms with Crippen molar-refractivity contribution in [3.05, 3.63) is 200 Å². The minimum atomic E-state index is 0.688. The average molecular weight is 688 g/mol. The maximum atomic E-state index is 5.15. The number of rotatable bonds is 6. The van der Waals surface area contributed by atoms with E-state index in [1.165, 1.54) is 49.0 Å². The SMILES string of the molecule is c1ccc(-c2ccc(-c3cc(-c4ccc(-c5cccnc5)cc4)nc(-c4ccc(-c5ccc6c7ccccc7c7ccccc7c6c5)cc4)n3)cc2)cc1. The topological polar surface area (TPSA) is 38.7 Å². The molecule has 0 atom stereocenters. The summed E-state index contributed by atoms with van der Waals surface area (Å²) in [5.74, 6) is 0.688. The predicted octanol–water partition coefficient (Wildman–Crippen LogP) is 13.3. The Kier molecular flexibility index (Phi) is 7.81. The van der Waals surface area contributed by atoms with E-state index in [1.807, 2.05) is 18.3 Å². The van der Waals surface area contributed by atoms with Crippen LogP contribution in [0.5, 0.6) is 0 Å². The summed E-state index contributed by atoms with van der Waals surface area (Å²) in [6, 6.07) is 66.7. The van der Waals surface area contributed by atoms with Crippen molar-refractivity contribution in [1.29, 1.82) is 0 Å². The third kappa shape index (κ3) is 5.78. The van der Waals surface area contributed by atoms with Crippen molar-refractivity contribution >= 4 is 32.3 Å². The Morgan fingerprint density at radius 1 is 0.259 bits per heavy atom. The number of aromatic nitrogens is 3. The molecule has 0 amide bonds. The van der Waals surface area contributed by atoms with Gasteiger partial charge in [-0.15, -0.1) is 0 Å². The summed E-state index contributed by atoms with van der Waals surface area (Å²) in [5.41, 5.74) is 11.7. The van der Waals surface area contributed by atoms with Gasteiger partial charge in [0.25, 0.3) is 0 Å². The van der Waals surface area contributed by atoms with Gasteiger partial charge in [0.1, 0.15) is 0 Å². The number of pyridine rings is 1. The molecule has 8 aromatic carbocycles. The zero-order chi connectivity index (χ0) is 35.8. The van der Waals surface area contributed by atoms with E-state index < -0.39 is 0 Å². The molecule has 0 saturated heterocycles. The molecule has 0 radical (unpaired) electrons. The molecule has 54 heavy (non-hydrogen) atoms. The highest BCUT2D eigenvalue weighted by molar-refractivity contribution is 6.25. The summed E-state index contributed by atoms with van der Waals surface area (Å²) in [6.45, 7) is 0. The summed E-state index contributed by atoms with van der Waals surface area (Å²) in [6.07, 6.45) is 3.69. The van der Waals surface area contributed by atoms with E-state index >= 15 is 0 Å². The number of hydrogen-bond donors (Lipinski definition) is 0. The molecule has 0 spiro atoms. The van der Waals surface area contributed by atoms with Crippen LogP contribution < -0.4 is 0 Å².